The highest BCUT2D eigenvalue weighted by Gasteiger charge is 2.27. The van der Waals surface area contributed by atoms with Crippen LogP contribution in [0.3, 0.4) is 0 Å². The van der Waals surface area contributed by atoms with Gasteiger partial charge in [0.05, 0.1) is 7.11 Å². The second-order valence-electron chi connectivity index (χ2n) is 5.29. The van der Waals surface area contributed by atoms with Gasteiger partial charge in [-0.15, -0.1) is 0 Å². The number of halogens is 2. The van der Waals surface area contributed by atoms with Gasteiger partial charge in [-0.2, -0.15) is 0 Å². The Kier molecular flexibility index (Phi) is 4.90. The first-order valence-corrected chi connectivity index (χ1v) is 6.94. The van der Waals surface area contributed by atoms with Crippen LogP contribution < -0.4 is 5.32 Å². The van der Waals surface area contributed by atoms with E-state index in [2.05, 4.69) is 10.1 Å². The van der Waals surface area contributed by atoms with Crippen LogP contribution in [0.1, 0.15) is 31.4 Å². The molecule has 1 amide bonds. The van der Waals surface area contributed by atoms with Crippen molar-refractivity contribution >= 4 is 11.9 Å². The Morgan fingerprint density at radius 2 is 2.05 bits per heavy atom. The van der Waals surface area contributed by atoms with E-state index in [1.54, 1.807) is 0 Å². The van der Waals surface area contributed by atoms with E-state index >= 15 is 0 Å². The van der Waals surface area contributed by atoms with Gasteiger partial charge in [0, 0.05) is 17.7 Å². The number of carbonyl (C=O) groups is 2. The molecule has 22 heavy (non-hydrogen) atoms. The molecule has 1 unspecified atom stereocenters. The van der Waals surface area contributed by atoms with Gasteiger partial charge in [-0.25, -0.2) is 13.6 Å². The fraction of sp³-hybridized carbons (Fsp3) is 0.375. The third kappa shape index (κ3) is 3.90. The van der Waals surface area contributed by atoms with Gasteiger partial charge in [-0.1, -0.05) is 11.6 Å². The third-order valence-corrected chi connectivity index (χ3v) is 3.58. The first kappa shape index (κ1) is 16.1. The number of hydrogen-bond donors (Lipinski definition) is 1. The lowest BCUT2D eigenvalue weighted by molar-refractivity contribution is -0.144. The smallest absolute Gasteiger partial charge is 0.333 e. The SMILES string of the molecule is COC(=O)C(NC(=O)C=C(C)C1CC1)c1ccc(F)cc1F. The number of rotatable bonds is 5. The Morgan fingerprint density at radius 1 is 1.36 bits per heavy atom. The van der Waals surface area contributed by atoms with Crippen molar-refractivity contribution in [1.29, 1.82) is 0 Å². The quantitative estimate of drug-likeness (QED) is 0.672. The fourth-order valence-corrected chi connectivity index (χ4v) is 2.16. The molecule has 118 valence electrons. The average Bonchev–Trinajstić information content (AvgIpc) is 3.29. The molecule has 1 aliphatic carbocycles. The molecule has 0 bridgehead atoms. The highest BCUT2D eigenvalue weighted by Crippen LogP contribution is 2.35. The molecule has 0 aliphatic heterocycles. The zero-order chi connectivity index (χ0) is 16.3. The fourth-order valence-electron chi connectivity index (χ4n) is 2.16. The van der Waals surface area contributed by atoms with Crippen LogP contribution >= 0.6 is 0 Å². The van der Waals surface area contributed by atoms with Gasteiger partial charge in [0.25, 0.3) is 0 Å². The van der Waals surface area contributed by atoms with Crippen LogP contribution in [0.5, 0.6) is 0 Å². The van der Waals surface area contributed by atoms with Crippen LogP contribution in [0.4, 0.5) is 8.78 Å². The van der Waals surface area contributed by atoms with Crippen molar-refractivity contribution in [3.8, 4) is 0 Å². The molecule has 1 atom stereocenters. The van der Waals surface area contributed by atoms with E-state index in [4.69, 9.17) is 0 Å². The second kappa shape index (κ2) is 6.68. The maximum atomic E-state index is 13.8. The van der Waals surface area contributed by atoms with Crippen molar-refractivity contribution in [3.63, 3.8) is 0 Å². The molecule has 6 heteroatoms. The summed E-state index contributed by atoms with van der Waals surface area (Å²) in [5.74, 6) is -2.61. The molecule has 1 aliphatic rings. The number of esters is 1. The highest BCUT2D eigenvalue weighted by molar-refractivity contribution is 5.92. The maximum absolute atomic E-state index is 13.8. The number of carbonyl (C=O) groups excluding carboxylic acids is 2. The maximum Gasteiger partial charge on any atom is 0.333 e. The van der Waals surface area contributed by atoms with Crippen molar-refractivity contribution in [3.05, 3.63) is 47.0 Å². The number of amides is 1. The van der Waals surface area contributed by atoms with E-state index in [1.165, 1.54) is 6.08 Å². The lowest BCUT2D eigenvalue weighted by Crippen LogP contribution is -2.34. The van der Waals surface area contributed by atoms with Crippen LogP contribution in [-0.4, -0.2) is 19.0 Å². The molecular formula is C16H17F2NO3. The number of allylic oxidation sites excluding steroid dienone is 1. The number of benzene rings is 1. The van der Waals surface area contributed by atoms with E-state index in [-0.39, 0.29) is 5.56 Å². The highest BCUT2D eigenvalue weighted by atomic mass is 19.1. The number of ether oxygens (including phenoxy) is 1. The Morgan fingerprint density at radius 3 is 2.59 bits per heavy atom. The molecular weight excluding hydrogens is 292 g/mol. The molecule has 2 rings (SSSR count). The van der Waals surface area contributed by atoms with Gasteiger partial charge in [-0.05, 0) is 31.7 Å². The van der Waals surface area contributed by atoms with E-state index in [0.717, 1.165) is 37.7 Å². The third-order valence-electron chi connectivity index (χ3n) is 3.58. The minimum Gasteiger partial charge on any atom is -0.467 e. The standard InChI is InChI=1S/C16H17F2NO3/c1-9(10-3-4-10)7-14(20)19-15(16(21)22-2)12-6-5-11(17)8-13(12)18/h5-8,10,15H,3-4H2,1-2H3,(H,19,20). The molecule has 1 fully saturated rings. The molecule has 0 radical (unpaired) electrons. The molecule has 0 aromatic heterocycles. The number of methoxy groups -OCH3 is 1. The summed E-state index contributed by atoms with van der Waals surface area (Å²) in [6, 6.07) is 1.47. The predicted octanol–water partition coefficient (Wildman–Crippen LogP) is 2.65. The summed E-state index contributed by atoms with van der Waals surface area (Å²) in [5, 5.41) is 2.41. The summed E-state index contributed by atoms with van der Waals surface area (Å²) in [6.45, 7) is 1.84. The largest absolute Gasteiger partial charge is 0.467 e. The minimum absolute atomic E-state index is 0.140. The Labute approximate surface area is 127 Å². The van der Waals surface area contributed by atoms with Gasteiger partial charge in [0.15, 0.2) is 6.04 Å². The number of nitrogens with one attached hydrogen (secondary N) is 1. The average molecular weight is 309 g/mol. The van der Waals surface area contributed by atoms with Crippen molar-refractivity contribution in [1.82, 2.24) is 5.32 Å². The molecule has 0 spiro atoms. The van der Waals surface area contributed by atoms with Crippen molar-refractivity contribution < 1.29 is 23.1 Å². The lowest BCUT2D eigenvalue weighted by atomic mass is 10.1. The Balaban J connectivity index is 2.21. The van der Waals surface area contributed by atoms with E-state index in [0.29, 0.717) is 12.0 Å². The first-order valence-electron chi connectivity index (χ1n) is 6.94. The zero-order valence-electron chi connectivity index (χ0n) is 12.4. The minimum atomic E-state index is -1.32. The van der Waals surface area contributed by atoms with Gasteiger partial charge in [0.2, 0.25) is 5.91 Å². The van der Waals surface area contributed by atoms with E-state index < -0.39 is 29.6 Å². The summed E-state index contributed by atoms with van der Waals surface area (Å²) < 4.78 is 31.4. The normalized spacial score (nSPS) is 16.1. The molecule has 1 saturated carbocycles. The predicted molar refractivity (Wildman–Crippen MR) is 75.7 cm³/mol. The van der Waals surface area contributed by atoms with Crippen molar-refractivity contribution in [2.24, 2.45) is 5.92 Å². The van der Waals surface area contributed by atoms with Gasteiger partial charge >= 0.3 is 5.97 Å². The Hall–Kier alpha value is -2.24. The molecule has 0 heterocycles. The van der Waals surface area contributed by atoms with E-state index in [1.807, 2.05) is 6.92 Å². The van der Waals surface area contributed by atoms with Gasteiger partial charge < -0.3 is 10.1 Å². The van der Waals surface area contributed by atoms with Crippen molar-refractivity contribution in [2.75, 3.05) is 7.11 Å². The molecule has 0 saturated heterocycles. The van der Waals surface area contributed by atoms with Crippen LogP contribution in [0.2, 0.25) is 0 Å². The summed E-state index contributed by atoms with van der Waals surface area (Å²) in [4.78, 5) is 23.8. The van der Waals surface area contributed by atoms with Gasteiger partial charge in [-0.3, -0.25) is 4.79 Å². The van der Waals surface area contributed by atoms with Crippen molar-refractivity contribution in [2.45, 2.75) is 25.8 Å². The molecule has 1 N–H and O–H groups in total. The van der Waals surface area contributed by atoms with Gasteiger partial charge in [0.1, 0.15) is 11.6 Å². The first-order chi connectivity index (χ1) is 10.4. The monoisotopic (exact) mass is 309 g/mol. The molecule has 4 nitrogen and oxygen atoms in total. The van der Waals surface area contributed by atoms with Crippen LogP contribution in [-0.2, 0) is 14.3 Å². The topological polar surface area (TPSA) is 55.4 Å². The molecule has 1 aromatic carbocycles. The van der Waals surface area contributed by atoms with E-state index in [9.17, 15) is 18.4 Å². The Bertz CT molecular complexity index is 624. The number of hydrogen-bond acceptors (Lipinski definition) is 3. The van der Waals surface area contributed by atoms with Crippen LogP contribution in [0.25, 0.3) is 0 Å². The zero-order valence-corrected chi connectivity index (χ0v) is 12.4. The summed E-state index contributed by atoms with van der Waals surface area (Å²) in [6.07, 6.45) is 3.49. The summed E-state index contributed by atoms with van der Waals surface area (Å²) >= 11 is 0. The van der Waals surface area contributed by atoms with Crippen LogP contribution in [0, 0.1) is 17.6 Å². The molecule has 1 aromatic rings. The summed E-state index contributed by atoms with van der Waals surface area (Å²) in [7, 11) is 1.13. The lowest BCUT2D eigenvalue weighted by Gasteiger charge is -2.17. The second-order valence-corrected chi connectivity index (χ2v) is 5.29. The summed E-state index contributed by atoms with van der Waals surface area (Å²) in [5.41, 5.74) is 0.778. The van der Waals surface area contributed by atoms with Crippen LogP contribution in [0.15, 0.2) is 29.8 Å².